The first kappa shape index (κ1) is 35.0. The van der Waals surface area contributed by atoms with Crippen molar-refractivity contribution in [1.82, 2.24) is 4.57 Å². The van der Waals surface area contributed by atoms with Crippen molar-refractivity contribution >= 4 is 33.1 Å². The normalized spacial score (nSPS) is 25.6. The van der Waals surface area contributed by atoms with Crippen LogP contribution in [0.2, 0.25) is 0 Å². The fraction of sp³-hybridized carbons (Fsp3) is 0.565. The molecule has 250 valence electrons. The van der Waals surface area contributed by atoms with Gasteiger partial charge in [-0.1, -0.05) is 32.9 Å². The van der Waals surface area contributed by atoms with Gasteiger partial charge in [-0.3, -0.25) is 19.2 Å². The zero-order valence-electron chi connectivity index (χ0n) is 24.4. The van der Waals surface area contributed by atoms with E-state index in [0.29, 0.717) is 0 Å². The molecule has 22 heteroatoms. The number of aliphatic imine (C=N–C) groups is 1. The predicted molar refractivity (Wildman–Crippen MR) is 151 cm³/mol. The molecule has 7 atom stereocenters. The molecule has 8 N–H and O–H groups in total. The lowest BCUT2D eigenvalue weighted by atomic mass is 9.84. The first-order valence-corrected chi connectivity index (χ1v) is 16.2. The molecule has 45 heavy (non-hydrogen) atoms. The van der Waals surface area contributed by atoms with E-state index in [1.165, 1.54) is 27.6 Å². The van der Waals surface area contributed by atoms with Crippen LogP contribution in [0.5, 0.6) is 0 Å². The van der Waals surface area contributed by atoms with Gasteiger partial charge in [0.25, 0.3) is 17.5 Å². The highest BCUT2D eigenvalue weighted by Gasteiger charge is 2.51. The van der Waals surface area contributed by atoms with Gasteiger partial charge >= 0.3 is 15.6 Å². The molecular formula is C23H35N6O14P2+. The first-order chi connectivity index (χ1) is 20.8. The summed E-state index contributed by atoms with van der Waals surface area (Å²) < 4.78 is 52.3. The maximum absolute atomic E-state index is 12.1. The highest BCUT2D eigenvalue weighted by molar-refractivity contribution is 7.60. The van der Waals surface area contributed by atoms with Crippen LogP contribution in [0.15, 0.2) is 35.6 Å². The van der Waals surface area contributed by atoms with E-state index in [-0.39, 0.29) is 28.7 Å². The number of nitro groups is 1. The Labute approximate surface area is 256 Å². The van der Waals surface area contributed by atoms with Crippen LogP contribution in [-0.2, 0) is 39.2 Å². The molecule has 2 aromatic rings. The summed E-state index contributed by atoms with van der Waals surface area (Å²) in [6, 6.07) is 6.05. The molecule has 1 aromatic carbocycles. The summed E-state index contributed by atoms with van der Waals surface area (Å²) in [6.07, 6.45) is -6.37. The monoisotopic (exact) mass is 681 g/mol. The van der Waals surface area contributed by atoms with Crippen molar-refractivity contribution in [2.75, 3.05) is 18.7 Å². The van der Waals surface area contributed by atoms with Crippen LogP contribution < -0.4 is 15.6 Å². The van der Waals surface area contributed by atoms with Crippen LogP contribution >= 0.6 is 15.6 Å². The van der Waals surface area contributed by atoms with Gasteiger partial charge in [0.05, 0.1) is 30.2 Å². The van der Waals surface area contributed by atoms with Gasteiger partial charge in [-0.25, -0.2) is 19.0 Å². The van der Waals surface area contributed by atoms with Crippen LogP contribution in [0.25, 0.3) is 0 Å². The summed E-state index contributed by atoms with van der Waals surface area (Å²) in [4.78, 5) is 42.5. The molecule has 2 aliphatic heterocycles. The van der Waals surface area contributed by atoms with Crippen LogP contribution in [0.1, 0.15) is 50.6 Å². The third kappa shape index (κ3) is 8.12. The molecule has 0 saturated carbocycles. The topological polar surface area (TPSA) is 284 Å². The van der Waals surface area contributed by atoms with E-state index >= 15 is 0 Å². The highest BCUT2D eigenvalue weighted by Crippen LogP contribution is 2.57. The minimum Gasteiger partial charge on any atom is -0.387 e. The van der Waals surface area contributed by atoms with Gasteiger partial charge in [0.15, 0.2) is 6.33 Å². The molecule has 0 aliphatic carbocycles. The van der Waals surface area contributed by atoms with Crippen LogP contribution in [0.4, 0.5) is 11.5 Å². The number of hydrogen-bond donors (Lipinski definition) is 7. The Bertz CT molecular complexity index is 1540. The number of fused-ring (bicyclic) bond motifs is 1. The number of aliphatic hydroxyl groups excluding tert-OH is 2. The van der Waals surface area contributed by atoms with Gasteiger partial charge < -0.3 is 44.8 Å². The summed E-state index contributed by atoms with van der Waals surface area (Å²) in [5.74, 6) is 0.0680. The van der Waals surface area contributed by atoms with Gasteiger partial charge in [0.1, 0.15) is 25.1 Å². The molecule has 3 heterocycles. The van der Waals surface area contributed by atoms with Crippen LogP contribution in [-0.4, -0.2) is 72.1 Å². The van der Waals surface area contributed by atoms with Crippen molar-refractivity contribution in [2.24, 2.45) is 23.2 Å². The number of benzene rings is 1. The Morgan fingerprint density at radius 1 is 1.24 bits per heavy atom. The number of para-hydroxylation sites is 1. The number of nitrogens with one attached hydrogen (secondary N) is 1. The zero-order valence-corrected chi connectivity index (χ0v) is 26.2. The second-order valence-electron chi connectivity index (χ2n) is 11.3. The molecule has 20 nitrogen and oxygen atoms in total. The second-order valence-corrected chi connectivity index (χ2v) is 14.1. The van der Waals surface area contributed by atoms with Crippen LogP contribution in [0.3, 0.4) is 0 Å². The minimum absolute atomic E-state index is 0.137. The zero-order chi connectivity index (χ0) is 33.5. The highest BCUT2D eigenvalue weighted by atomic mass is 31.3. The number of guanidine groups is 1. The first-order valence-electron chi connectivity index (χ1n) is 13.2. The fourth-order valence-electron chi connectivity index (χ4n) is 5.03. The molecule has 4 unspecified atom stereocenters. The number of nitrogens with zero attached hydrogens (tertiary/aromatic N) is 4. The van der Waals surface area contributed by atoms with Crippen molar-refractivity contribution < 1.29 is 66.6 Å². The lowest BCUT2D eigenvalue weighted by molar-refractivity contribution is -0.754. The van der Waals surface area contributed by atoms with E-state index in [2.05, 4.69) is 19.1 Å². The number of nitrogens with two attached hydrogens (primary N) is 1. The second kappa shape index (κ2) is 13.1. The van der Waals surface area contributed by atoms with E-state index in [4.69, 9.17) is 29.7 Å². The molecule has 0 bridgehead atoms. The number of anilines is 1. The van der Waals surface area contributed by atoms with Gasteiger partial charge in [0.2, 0.25) is 18.1 Å². The van der Waals surface area contributed by atoms with E-state index in [1.54, 1.807) is 40.0 Å². The third-order valence-corrected chi connectivity index (χ3v) is 8.98. The molecular weight excluding hydrogens is 646 g/mol. The van der Waals surface area contributed by atoms with Crippen LogP contribution in [0, 0.1) is 15.5 Å². The number of imidazole rings is 1. The SMILES string of the molecule is Cn1c[n+]([C@@H]2O[C@H](COP(=O)(O)OP(=O)(O)O)C(O)[C@@H]2OCOC(c2ccccc2[N+](=O)[O-])C(C)(C)C)c2c1C(O)N=C(N)N2. The van der Waals surface area contributed by atoms with E-state index in [1.807, 2.05) is 0 Å². The Morgan fingerprint density at radius 3 is 2.53 bits per heavy atom. The smallest absolute Gasteiger partial charge is 0.387 e. The minimum atomic E-state index is -5.42. The summed E-state index contributed by atoms with van der Waals surface area (Å²) in [5.41, 5.74) is 5.52. The maximum Gasteiger partial charge on any atom is 0.481 e. The number of ether oxygens (including phenoxy) is 3. The number of phosphoric acid groups is 2. The average Bonchev–Trinajstić information content (AvgIpc) is 3.39. The van der Waals surface area contributed by atoms with E-state index in [9.17, 15) is 34.4 Å². The Hall–Kier alpha value is -2.84. The maximum atomic E-state index is 12.1. The number of aromatic nitrogens is 2. The molecule has 1 aromatic heterocycles. The lowest BCUT2D eigenvalue weighted by Gasteiger charge is -2.31. The largest absolute Gasteiger partial charge is 0.481 e. The Balaban J connectivity index is 1.62. The summed E-state index contributed by atoms with van der Waals surface area (Å²) in [7, 11) is -9.13. The van der Waals surface area contributed by atoms with E-state index in [0.717, 1.165) is 0 Å². The number of rotatable bonds is 12. The number of aryl methyl sites for hydroxylation is 1. The van der Waals surface area contributed by atoms with Gasteiger partial charge in [-0.15, -0.1) is 0 Å². The van der Waals surface area contributed by atoms with Crippen molar-refractivity contribution in [3.63, 3.8) is 0 Å². The summed E-state index contributed by atoms with van der Waals surface area (Å²) in [6.45, 7) is 4.00. The Morgan fingerprint density at radius 2 is 1.91 bits per heavy atom. The fourth-order valence-corrected chi connectivity index (χ4v) is 6.63. The molecule has 1 fully saturated rings. The van der Waals surface area contributed by atoms with Crippen molar-refractivity contribution in [1.29, 1.82) is 0 Å². The molecule has 0 spiro atoms. The molecule has 0 radical (unpaired) electrons. The molecule has 0 amide bonds. The predicted octanol–water partition coefficient (Wildman–Crippen LogP) is 0.583. The summed E-state index contributed by atoms with van der Waals surface area (Å²) in [5, 5.41) is 36.2. The van der Waals surface area contributed by atoms with Gasteiger partial charge in [-0.05, 0) is 11.5 Å². The number of phosphoric ester groups is 1. The molecule has 1 saturated heterocycles. The van der Waals surface area contributed by atoms with Gasteiger partial charge in [-0.2, -0.15) is 9.30 Å². The molecule has 2 aliphatic rings. The summed E-state index contributed by atoms with van der Waals surface area (Å²) >= 11 is 0. The quantitative estimate of drug-likeness (QED) is 0.0530. The van der Waals surface area contributed by atoms with Crippen molar-refractivity contribution in [3.8, 4) is 0 Å². The van der Waals surface area contributed by atoms with E-state index < -0.39 is 76.3 Å². The number of hydrogen-bond acceptors (Lipinski definition) is 14. The molecule has 4 rings (SSSR count). The van der Waals surface area contributed by atoms with Crippen molar-refractivity contribution in [2.45, 2.75) is 57.6 Å². The Kier molecular flexibility index (Phi) is 10.2. The number of nitro benzene ring substituents is 1. The van der Waals surface area contributed by atoms with Crippen molar-refractivity contribution in [3.05, 3.63) is 52.0 Å². The van der Waals surface area contributed by atoms with Gasteiger partial charge in [0, 0.05) is 6.07 Å². The number of aliphatic hydroxyl groups is 2. The standard InChI is InChI=1S/C23H34N6O14P2/c1-23(2,3)18(12-7-5-6-8-13(12)29(32)33)40-11-39-17-16(30)14(9-41-45(37,38)43-44(34,35)36)42-21(17)28-10-27(4)15-19(28)25-22(24)26-20(15)31/h5-8,10,14,16-18,20-21,30-31H,9,11H2,1-4H3,(H5-,24,25,26,34,35,36,37,38)/p+1/t14-,16?,17+,18?,20?,21-/m1/s1. The average molecular weight is 682 g/mol. The lowest BCUT2D eigenvalue weighted by Crippen LogP contribution is -2.49. The third-order valence-electron chi connectivity index (χ3n) is 6.83.